The summed E-state index contributed by atoms with van der Waals surface area (Å²) in [5.41, 5.74) is 1.28. The number of nitrogens with zero attached hydrogens (tertiary/aromatic N) is 1. The first kappa shape index (κ1) is 17.6. The molecule has 1 aliphatic rings. The van der Waals surface area contributed by atoms with Crippen molar-refractivity contribution in [1.82, 2.24) is 9.88 Å². The predicted molar refractivity (Wildman–Crippen MR) is 97.6 cm³/mol. The molecule has 0 bridgehead atoms. The van der Waals surface area contributed by atoms with Gasteiger partial charge in [0, 0.05) is 30.2 Å². The van der Waals surface area contributed by atoms with E-state index >= 15 is 0 Å². The Balaban J connectivity index is 1.51. The highest BCUT2D eigenvalue weighted by Crippen LogP contribution is 2.38. The summed E-state index contributed by atoms with van der Waals surface area (Å²) < 4.78 is 39.8. The van der Waals surface area contributed by atoms with Gasteiger partial charge in [0.2, 0.25) is 0 Å². The van der Waals surface area contributed by atoms with Gasteiger partial charge < -0.3 is 9.88 Å². The van der Waals surface area contributed by atoms with Gasteiger partial charge >= 0.3 is 6.18 Å². The van der Waals surface area contributed by atoms with Gasteiger partial charge in [-0.25, -0.2) is 0 Å². The zero-order valence-corrected chi connectivity index (χ0v) is 14.6. The van der Waals surface area contributed by atoms with Gasteiger partial charge in [-0.05, 0) is 36.5 Å². The van der Waals surface area contributed by atoms with Crippen LogP contribution in [0.15, 0.2) is 54.7 Å². The number of aromatic amines is 1. The molecule has 140 valence electrons. The number of amides is 1. The number of benzene rings is 2. The first-order chi connectivity index (χ1) is 12.9. The minimum Gasteiger partial charge on any atom is -0.360 e. The Morgan fingerprint density at radius 1 is 1.00 bits per heavy atom. The molecule has 3 nitrogen and oxygen atoms in total. The van der Waals surface area contributed by atoms with Crippen LogP contribution in [-0.2, 0) is 6.18 Å². The number of likely N-dealkylation sites (tertiary alicyclic amines) is 1. The van der Waals surface area contributed by atoms with Crippen molar-refractivity contribution in [3.63, 3.8) is 0 Å². The van der Waals surface area contributed by atoms with E-state index in [1.54, 1.807) is 23.2 Å². The summed E-state index contributed by atoms with van der Waals surface area (Å²) in [4.78, 5) is 17.7. The highest BCUT2D eigenvalue weighted by molar-refractivity contribution is 6.06. The molecular formula is C21H19F3N2O. The lowest BCUT2D eigenvalue weighted by Crippen LogP contribution is -2.38. The molecule has 2 heterocycles. The van der Waals surface area contributed by atoms with Crippen molar-refractivity contribution >= 4 is 16.8 Å². The number of H-pyrrole nitrogens is 1. The minimum absolute atomic E-state index is 0.0741. The third-order valence-electron chi connectivity index (χ3n) is 5.31. The number of halogens is 3. The lowest BCUT2D eigenvalue weighted by Gasteiger charge is -2.33. The number of nitrogens with one attached hydrogen (secondary N) is 1. The van der Waals surface area contributed by atoms with Crippen LogP contribution in [0.4, 0.5) is 13.2 Å². The second kappa shape index (κ2) is 6.76. The zero-order chi connectivity index (χ0) is 19.0. The summed E-state index contributed by atoms with van der Waals surface area (Å²) in [7, 11) is 0. The molecule has 2 aromatic carbocycles. The first-order valence-electron chi connectivity index (χ1n) is 8.96. The van der Waals surface area contributed by atoms with E-state index in [0.717, 1.165) is 17.0 Å². The van der Waals surface area contributed by atoms with Crippen molar-refractivity contribution in [3.05, 3.63) is 71.4 Å². The predicted octanol–water partition coefficient (Wildman–Crippen LogP) is 5.21. The number of fused-ring (bicyclic) bond motifs is 1. The van der Waals surface area contributed by atoms with E-state index in [9.17, 15) is 18.0 Å². The van der Waals surface area contributed by atoms with Crippen molar-refractivity contribution < 1.29 is 18.0 Å². The third-order valence-corrected chi connectivity index (χ3v) is 5.31. The molecule has 1 N–H and O–H groups in total. The highest BCUT2D eigenvalue weighted by atomic mass is 19.4. The molecule has 1 fully saturated rings. The van der Waals surface area contributed by atoms with Gasteiger partial charge in [0.15, 0.2) is 0 Å². The van der Waals surface area contributed by atoms with Crippen LogP contribution in [0.2, 0.25) is 0 Å². The number of aromatic nitrogens is 1. The number of carbonyl (C=O) groups excluding carboxylic acids is 1. The Morgan fingerprint density at radius 2 is 1.67 bits per heavy atom. The maximum atomic E-state index is 13.3. The second-order valence-electron chi connectivity index (χ2n) is 6.90. The maximum Gasteiger partial charge on any atom is 0.416 e. The quantitative estimate of drug-likeness (QED) is 0.659. The number of piperidine rings is 1. The smallest absolute Gasteiger partial charge is 0.360 e. The van der Waals surface area contributed by atoms with Gasteiger partial charge in [0.05, 0.1) is 11.1 Å². The van der Waals surface area contributed by atoms with Crippen LogP contribution in [0.1, 0.15) is 40.2 Å². The molecule has 27 heavy (non-hydrogen) atoms. The molecule has 1 aliphatic heterocycles. The molecule has 1 saturated heterocycles. The van der Waals surface area contributed by atoms with E-state index in [-0.39, 0.29) is 11.8 Å². The fourth-order valence-corrected chi connectivity index (χ4v) is 3.92. The van der Waals surface area contributed by atoms with Crippen LogP contribution in [-0.4, -0.2) is 28.9 Å². The number of para-hydroxylation sites is 1. The van der Waals surface area contributed by atoms with Gasteiger partial charge in [0.25, 0.3) is 5.91 Å². The topological polar surface area (TPSA) is 36.1 Å². The van der Waals surface area contributed by atoms with E-state index in [1.165, 1.54) is 6.07 Å². The van der Waals surface area contributed by atoms with Gasteiger partial charge in [-0.15, -0.1) is 0 Å². The van der Waals surface area contributed by atoms with Crippen molar-refractivity contribution in [2.24, 2.45) is 0 Å². The molecule has 0 saturated carbocycles. The standard InChI is InChI=1S/C21H19F3N2O/c22-21(23,24)18-7-3-1-5-15(18)14-9-11-26(12-10-14)20(27)17-13-25-19-8-4-2-6-16(17)19/h1-8,13-14,25H,9-12H2. The van der Waals surface area contributed by atoms with Crippen LogP contribution in [0.5, 0.6) is 0 Å². The van der Waals surface area contributed by atoms with Gasteiger partial charge in [-0.3, -0.25) is 4.79 Å². The summed E-state index contributed by atoms with van der Waals surface area (Å²) in [6.45, 7) is 0.907. The van der Waals surface area contributed by atoms with Crippen LogP contribution in [0.3, 0.4) is 0 Å². The van der Waals surface area contributed by atoms with Crippen molar-refractivity contribution in [3.8, 4) is 0 Å². The fourth-order valence-electron chi connectivity index (χ4n) is 3.92. The normalized spacial score (nSPS) is 16.0. The molecule has 6 heteroatoms. The lowest BCUT2D eigenvalue weighted by molar-refractivity contribution is -0.138. The largest absolute Gasteiger partial charge is 0.416 e. The molecule has 1 amide bonds. The summed E-state index contributed by atoms with van der Waals surface area (Å²) in [6, 6.07) is 13.3. The Labute approximate surface area is 154 Å². The van der Waals surface area contributed by atoms with Crippen LogP contribution < -0.4 is 0 Å². The maximum absolute atomic E-state index is 13.3. The van der Waals surface area contributed by atoms with Crippen molar-refractivity contribution in [2.45, 2.75) is 24.9 Å². The van der Waals surface area contributed by atoms with Crippen molar-refractivity contribution in [2.75, 3.05) is 13.1 Å². The molecule has 0 aliphatic carbocycles. The van der Waals surface area contributed by atoms with Crippen LogP contribution in [0.25, 0.3) is 10.9 Å². The highest BCUT2D eigenvalue weighted by Gasteiger charge is 2.36. The summed E-state index contributed by atoms with van der Waals surface area (Å²) in [5, 5.41) is 0.868. The van der Waals surface area contributed by atoms with E-state index < -0.39 is 11.7 Å². The van der Waals surface area contributed by atoms with E-state index in [4.69, 9.17) is 0 Å². The van der Waals surface area contributed by atoms with Gasteiger partial charge in [0.1, 0.15) is 0 Å². The molecule has 3 aromatic rings. The molecular weight excluding hydrogens is 353 g/mol. The molecule has 0 unspecified atom stereocenters. The van der Waals surface area contributed by atoms with Crippen LogP contribution >= 0.6 is 0 Å². The second-order valence-corrected chi connectivity index (χ2v) is 6.90. The number of hydrogen-bond donors (Lipinski definition) is 1. The van der Waals surface area contributed by atoms with Crippen LogP contribution in [0, 0.1) is 0 Å². The summed E-state index contributed by atoms with van der Waals surface area (Å²) in [6.07, 6.45) is -1.59. The molecule has 0 spiro atoms. The van der Waals surface area contributed by atoms with E-state index in [0.29, 0.717) is 37.1 Å². The van der Waals surface area contributed by atoms with E-state index in [2.05, 4.69) is 4.98 Å². The molecule has 0 radical (unpaired) electrons. The van der Waals surface area contributed by atoms with Gasteiger partial charge in [-0.1, -0.05) is 36.4 Å². The average Bonchev–Trinajstić information content (AvgIpc) is 3.11. The Hall–Kier alpha value is -2.76. The Kier molecular flexibility index (Phi) is 4.42. The number of hydrogen-bond acceptors (Lipinski definition) is 1. The summed E-state index contributed by atoms with van der Waals surface area (Å²) >= 11 is 0. The Bertz CT molecular complexity index is 969. The monoisotopic (exact) mass is 372 g/mol. The molecule has 0 atom stereocenters. The number of rotatable bonds is 2. The zero-order valence-electron chi connectivity index (χ0n) is 14.6. The third kappa shape index (κ3) is 3.31. The number of alkyl halides is 3. The minimum atomic E-state index is -4.35. The molecule has 1 aromatic heterocycles. The van der Waals surface area contributed by atoms with E-state index in [1.807, 2.05) is 24.3 Å². The van der Waals surface area contributed by atoms with Crippen molar-refractivity contribution in [1.29, 1.82) is 0 Å². The number of carbonyl (C=O) groups is 1. The lowest BCUT2D eigenvalue weighted by atomic mass is 9.86. The fraction of sp³-hybridized carbons (Fsp3) is 0.286. The van der Waals surface area contributed by atoms with Gasteiger partial charge in [-0.2, -0.15) is 13.2 Å². The first-order valence-corrected chi connectivity index (χ1v) is 8.96. The Morgan fingerprint density at radius 3 is 2.41 bits per heavy atom. The summed E-state index contributed by atoms with van der Waals surface area (Å²) in [5.74, 6) is -0.259. The average molecular weight is 372 g/mol. The molecule has 4 rings (SSSR count). The SMILES string of the molecule is O=C(c1c[nH]c2ccccc12)N1CCC(c2ccccc2C(F)(F)F)CC1.